The van der Waals surface area contributed by atoms with E-state index in [0.717, 1.165) is 12.0 Å². The van der Waals surface area contributed by atoms with Crippen molar-refractivity contribution in [2.75, 3.05) is 25.5 Å². The average molecular weight is 321 g/mol. The molecule has 0 radical (unpaired) electrons. The third kappa shape index (κ3) is 2.87. The van der Waals surface area contributed by atoms with Crippen LogP contribution in [0.4, 0.5) is 23.9 Å². The Hall–Kier alpha value is -1.84. The summed E-state index contributed by atoms with van der Waals surface area (Å²) in [4.78, 5) is 16.8. The Labute approximate surface area is 125 Å². The van der Waals surface area contributed by atoms with Crippen molar-refractivity contribution in [3.8, 4) is 0 Å². The van der Waals surface area contributed by atoms with Crippen LogP contribution in [-0.4, -0.2) is 57.7 Å². The molecule has 2 amide bonds. The zero-order valence-corrected chi connectivity index (χ0v) is 12.7. The number of amides is 2. The van der Waals surface area contributed by atoms with Crippen LogP contribution in [0.15, 0.2) is 6.33 Å². The van der Waals surface area contributed by atoms with E-state index in [2.05, 4.69) is 20.1 Å². The quantitative estimate of drug-likeness (QED) is 0.902. The van der Waals surface area contributed by atoms with E-state index in [4.69, 9.17) is 0 Å². The van der Waals surface area contributed by atoms with Gasteiger partial charge in [0.15, 0.2) is 5.60 Å². The van der Waals surface area contributed by atoms with E-state index in [1.54, 1.807) is 4.68 Å². The summed E-state index contributed by atoms with van der Waals surface area (Å²) in [6.45, 7) is 4.59. The van der Waals surface area contributed by atoms with Crippen LogP contribution < -0.4 is 5.32 Å². The second-order valence-corrected chi connectivity index (χ2v) is 6.17. The minimum atomic E-state index is -4.52. The molecule has 1 saturated heterocycles. The normalized spacial score (nSPS) is 18.0. The summed E-state index contributed by atoms with van der Waals surface area (Å²) in [5.41, 5.74) is -2.60. The molecule has 10 heteroatoms. The topological polar surface area (TPSA) is 72.3 Å². The Bertz CT molecular complexity index is 558. The third-order valence-electron chi connectivity index (χ3n) is 3.48. The molecule has 1 aliphatic rings. The Morgan fingerprint density at radius 1 is 1.36 bits per heavy atom. The molecule has 7 nitrogen and oxygen atoms in total. The number of methoxy groups -OCH3 is 1. The maximum absolute atomic E-state index is 12.8. The highest BCUT2D eigenvalue weighted by Gasteiger charge is 2.63. The first-order chi connectivity index (χ1) is 9.98. The van der Waals surface area contributed by atoms with Gasteiger partial charge in [-0.2, -0.15) is 13.2 Å². The second-order valence-electron chi connectivity index (χ2n) is 6.17. The van der Waals surface area contributed by atoms with Crippen LogP contribution in [0.3, 0.4) is 0 Å². The first-order valence-corrected chi connectivity index (χ1v) is 6.58. The van der Waals surface area contributed by atoms with Crippen molar-refractivity contribution in [2.45, 2.75) is 38.1 Å². The molecule has 1 aromatic heterocycles. The fourth-order valence-corrected chi connectivity index (χ4v) is 1.96. The molecule has 1 fully saturated rings. The molecule has 1 aromatic rings. The van der Waals surface area contributed by atoms with E-state index in [0.29, 0.717) is 0 Å². The van der Waals surface area contributed by atoms with E-state index in [9.17, 15) is 18.0 Å². The van der Waals surface area contributed by atoms with Crippen LogP contribution in [0, 0.1) is 0 Å². The number of nitrogens with zero attached hydrogens (tertiary/aromatic N) is 4. The number of urea groups is 1. The van der Waals surface area contributed by atoms with Gasteiger partial charge in [0.2, 0.25) is 5.95 Å². The average Bonchev–Trinajstić information content (AvgIpc) is 2.74. The highest BCUT2D eigenvalue weighted by atomic mass is 19.4. The molecule has 0 unspecified atom stereocenters. The Morgan fingerprint density at radius 3 is 2.36 bits per heavy atom. The number of halogens is 3. The van der Waals surface area contributed by atoms with Crippen LogP contribution in [0.25, 0.3) is 0 Å². The zero-order chi connectivity index (χ0) is 16.8. The fraction of sp³-hybridized carbons (Fsp3) is 0.750. The van der Waals surface area contributed by atoms with E-state index in [-0.39, 0.29) is 11.5 Å². The zero-order valence-electron chi connectivity index (χ0n) is 12.7. The first-order valence-electron chi connectivity index (χ1n) is 6.58. The van der Waals surface area contributed by atoms with Crippen molar-refractivity contribution in [3.05, 3.63) is 6.33 Å². The lowest BCUT2D eigenvalue weighted by molar-refractivity contribution is -0.303. The minimum Gasteiger partial charge on any atom is -0.365 e. The monoisotopic (exact) mass is 321 g/mol. The molecular formula is C12H18F3N5O2. The summed E-state index contributed by atoms with van der Waals surface area (Å²) < 4.78 is 44.6. The van der Waals surface area contributed by atoms with E-state index in [1.807, 2.05) is 20.8 Å². The smallest absolute Gasteiger partial charge is 0.365 e. The van der Waals surface area contributed by atoms with Crippen LogP contribution in [0.2, 0.25) is 0 Å². The summed E-state index contributed by atoms with van der Waals surface area (Å²) in [6, 6.07) is -0.691. The van der Waals surface area contributed by atoms with Gasteiger partial charge in [0, 0.05) is 7.11 Å². The number of aromatic nitrogens is 3. The maximum Gasteiger partial charge on any atom is 0.420 e. The maximum atomic E-state index is 12.8. The molecule has 0 atom stereocenters. The van der Waals surface area contributed by atoms with Gasteiger partial charge < -0.3 is 9.64 Å². The molecule has 2 rings (SSSR count). The predicted octanol–water partition coefficient (Wildman–Crippen LogP) is 1.83. The van der Waals surface area contributed by atoms with Crippen LogP contribution in [0.5, 0.6) is 0 Å². The van der Waals surface area contributed by atoms with Crippen LogP contribution in [-0.2, 0) is 10.3 Å². The molecule has 0 aliphatic carbocycles. The molecule has 0 spiro atoms. The van der Waals surface area contributed by atoms with Crippen molar-refractivity contribution in [1.29, 1.82) is 0 Å². The van der Waals surface area contributed by atoms with Crippen molar-refractivity contribution in [2.24, 2.45) is 0 Å². The number of alkyl halides is 3. The molecule has 0 aromatic carbocycles. The number of ether oxygens (including phenoxy) is 1. The second kappa shape index (κ2) is 5.11. The number of hydrogen-bond acceptors (Lipinski definition) is 4. The van der Waals surface area contributed by atoms with Gasteiger partial charge in [0.25, 0.3) is 0 Å². The number of anilines is 1. The van der Waals surface area contributed by atoms with Gasteiger partial charge >= 0.3 is 12.2 Å². The SMILES string of the molecule is COC1(C(F)(F)F)CN(C(=O)Nc2ncn(C(C)(C)C)n2)C1. The van der Waals surface area contributed by atoms with Gasteiger partial charge in [-0.25, -0.2) is 14.5 Å². The molecule has 0 saturated carbocycles. The number of hydrogen-bond donors (Lipinski definition) is 1. The Kier molecular flexibility index (Phi) is 3.84. The van der Waals surface area contributed by atoms with Gasteiger partial charge in [-0.3, -0.25) is 5.32 Å². The van der Waals surface area contributed by atoms with Crippen molar-refractivity contribution < 1.29 is 22.7 Å². The van der Waals surface area contributed by atoms with E-state index >= 15 is 0 Å². The van der Waals surface area contributed by atoms with Gasteiger partial charge in [-0.05, 0) is 20.8 Å². The largest absolute Gasteiger partial charge is 0.420 e. The molecule has 124 valence electrons. The highest BCUT2D eigenvalue weighted by molar-refractivity contribution is 5.88. The van der Waals surface area contributed by atoms with E-state index < -0.39 is 30.9 Å². The van der Waals surface area contributed by atoms with Gasteiger partial charge in [-0.15, -0.1) is 5.10 Å². The lowest BCUT2D eigenvalue weighted by Crippen LogP contribution is -2.71. The Morgan fingerprint density at radius 2 is 1.95 bits per heavy atom. The molecular weight excluding hydrogens is 303 g/mol. The fourth-order valence-electron chi connectivity index (χ4n) is 1.96. The van der Waals surface area contributed by atoms with Gasteiger partial charge in [-0.1, -0.05) is 0 Å². The first kappa shape index (κ1) is 16.5. The Balaban J connectivity index is 1.97. The van der Waals surface area contributed by atoms with Crippen molar-refractivity contribution in [3.63, 3.8) is 0 Å². The standard InChI is InChI=1S/C12H18F3N5O2/c1-10(2,3)20-7-16-8(18-20)17-9(21)19-5-11(6-19,22-4)12(13,14)15/h7H,5-6H2,1-4H3,(H,17,18,21). The molecule has 22 heavy (non-hydrogen) atoms. The van der Waals surface area contributed by atoms with Crippen LogP contribution in [0.1, 0.15) is 20.8 Å². The summed E-state index contributed by atoms with van der Waals surface area (Å²) in [7, 11) is 0.981. The molecule has 0 bridgehead atoms. The predicted molar refractivity (Wildman–Crippen MR) is 71.4 cm³/mol. The molecule has 2 heterocycles. The third-order valence-corrected chi connectivity index (χ3v) is 3.48. The van der Waals surface area contributed by atoms with E-state index in [1.165, 1.54) is 6.33 Å². The lowest BCUT2D eigenvalue weighted by Gasteiger charge is -2.48. The van der Waals surface area contributed by atoms with Gasteiger partial charge in [0.1, 0.15) is 6.33 Å². The molecule has 1 N–H and O–H groups in total. The summed E-state index contributed by atoms with van der Waals surface area (Å²) >= 11 is 0. The number of rotatable bonds is 2. The van der Waals surface area contributed by atoms with Crippen molar-refractivity contribution in [1.82, 2.24) is 19.7 Å². The van der Waals surface area contributed by atoms with Gasteiger partial charge in [0.05, 0.1) is 18.6 Å². The number of carbonyl (C=O) groups is 1. The van der Waals surface area contributed by atoms with Crippen molar-refractivity contribution >= 4 is 12.0 Å². The summed E-state index contributed by atoms with van der Waals surface area (Å²) in [6.07, 6.45) is -3.08. The van der Waals surface area contributed by atoms with Crippen LogP contribution >= 0.6 is 0 Å². The number of carbonyl (C=O) groups excluding carboxylic acids is 1. The highest BCUT2D eigenvalue weighted by Crippen LogP contribution is 2.40. The minimum absolute atomic E-state index is 0.0434. The summed E-state index contributed by atoms with van der Waals surface area (Å²) in [5.74, 6) is 0.0434. The molecule has 1 aliphatic heterocycles. The summed E-state index contributed by atoms with van der Waals surface area (Å²) in [5, 5.41) is 6.43. The lowest BCUT2D eigenvalue weighted by atomic mass is 9.93. The number of likely N-dealkylation sites (tertiary alicyclic amines) is 1. The number of nitrogens with one attached hydrogen (secondary N) is 1.